The Morgan fingerprint density at radius 1 is 0.741 bits per heavy atom. The second kappa shape index (κ2) is 7.78. The molecule has 0 saturated heterocycles. The molecule has 0 aliphatic heterocycles. The van der Waals surface area contributed by atoms with E-state index in [1.54, 1.807) is 6.07 Å². The number of amides is 2. The molecule has 2 amide bonds. The van der Waals surface area contributed by atoms with Gasteiger partial charge in [-0.3, -0.25) is 9.59 Å². The average Bonchev–Trinajstić information content (AvgIpc) is 2.66. The summed E-state index contributed by atoms with van der Waals surface area (Å²) < 4.78 is 26.5. The number of benzene rings is 3. The van der Waals surface area contributed by atoms with Gasteiger partial charge >= 0.3 is 0 Å². The van der Waals surface area contributed by atoms with Crippen molar-refractivity contribution in [1.82, 2.24) is 0 Å². The number of para-hydroxylation sites is 1. The standard InChI is InChI=1S/C21H16F2N2O2/c1-13-4-2-3-5-18(13)24-20(26)14-6-8-15(9-7-14)21(27)25-19-11-10-16(22)12-17(19)23/h2-12H,1H3,(H,24,26)(H,25,27). The lowest BCUT2D eigenvalue weighted by atomic mass is 10.1. The summed E-state index contributed by atoms with van der Waals surface area (Å²) in [6.07, 6.45) is 0. The molecule has 0 unspecified atom stereocenters. The van der Waals surface area contributed by atoms with Gasteiger partial charge in [0, 0.05) is 22.9 Å². The predicted molar refractivity (Wildman–Crippen MR) is 99.9 cm³/mol. The highest BCUT2D eigenvalue weighted by molar-refractivity contribution is 6.07. The first-order valence-electron chi connectivity index (χ1n) is 8.17. The number of rotatable bonds is 4. The van der Waals surface area contributed by atoms with Crippen molar-refractivity contribution in [2.45, 2.75) is 6.92 Å². The van der Waals surface area contributed by atoms with Crippen LogP contribution in [0.25, 0.3) is 0 Å². The molecule has 136 valence electrons. The molecule has 0 heterocycles. The van der Waals surface area contributed by atoms with Crippen molar-refractivity contribution in [2.75, 3.05) is 10.6 Å². The predicted octanol–water partition coefficient (Wildman–Crippen LogP) is 4.78. The van der Waals surface area contributed by atoms with Crippen molar-refractivity contribution in [2.24, 2.45) is 0 Å². The second-order valence-electron chi connectivity index (χ2n) is 5.92. The van der Waals surface area contributed by atoms with E-state index in [-0.39, 0.29) is 17.2 Å². The maximum Gasteiger partial charge on any atom is 0.255 e. The van der Waals surface area contributed by atoms with Crippen molar-refractivity contribution < 1.29 is 18.4 Å². The number of halogens is 2. The zero-order valence-corrected chi connectivity index (χ0v) is 14.4. The molecule has 0 aliphatic rings. The van der Waals surface area contributed by atoms with Crippen LogP contribution in [-0.2, 0) is 0 Å². The average molecular weight is 366 g/mol. The van der Waals surface area contributed by atoms with Gasteiger partial charge in [-0.15, -0.1) is 0 Å². The third kappa shape index (κ3) is 4.36. The Bertz CT molecular complexity index is 1000. The van der Waals surface area contributed by atoms with Crippen molar-refractivity contribution in [3.05, 3.63) is 95.1 Å². The third-order valence-corrected chi connectivity index (χ3v) is 3.98. The van der Waals surface area contributed by atoms with E-state index in [4.69, 9.17) is 0 Å². The van der Waals surface area contributed by atoms with Crippen LogP contribution in [0.5, 0.6) is 0 Å². The van der Waals surface area contributed by atoms with Gasteiger partial charge in [0.15, 0.2) is 0 Å². The summed E-state index contributed by atoms with van der Waals surface area (Å²) in [4.78, 5) is 24.5. The first kappa shape index (κ1) is 18.3. The number of carbonyl (C=O) groups is 2. The Kier molecular flexibility index (Phi) is 5.26. The Balaban J connectivity index is 1.70. The summed E-state index contributed by atoms with van der Waals surface area (Å²) in [7, 11) is 0. The lowest BCUT2D eigenvalue weighted by Crippen LogP contribution is -2.15. The first-order valence-corrected chi connectivity index (χ1v) is 8.17. The van der Waals surface area contributed by atoms with Crippen LogP contribution in [0.1, 0.15) is 26.3 Å². The van der Waals surface area contributed by atoms with Gasteiger partial charge in [0.05, 0.1) is 5.69 Å². The fourth-order valence-electron chi connectivity index (χ4n) is 2.47. The van der Waals surface area contributed by atoms with E-state index in [0.717, 1.165) is 17.7 Å². The molecule has 0 spiro atoms. The molecular weight excluding hydrogens is 350 g/mol. The molecule has 0 radical (unpaired) electrons. The number of anilines is 2. The zero-order valence-electron chi connectivity index (χ0n) is 14.4. The molecule has 0 bridgehead atoms. The molecule has 0 aromatic heterocycles. The van der Waals surface area contributed by atoms with Gasteiger partial charge in [-0.1, -0.05) is 18.2 Å². The molecule has 0 fully saturated rings. The van der Waals surface area contributed by atoms with Crippen LogP contribution in [0.2, 0.25) is 0 Å². The summed E-state index contributed by atoms with van der Waals surface area (Å²) in [5.41, 5.74) is 2.14. The number of carbonyl (C=O) groups excluding carboxylic acids is 2. The molecule has 0 saturated carbocycles. The Labute approximate surface area is 154 Å². The van der Waals surface area contributed by atoms with Gasteiger partial charge in [-0.05, 0) is 55.0 Å². The van der Waals surface area contributed by atoms with E-state index >= 15 is 0 Å². The Hall–Kier alpha value is -3.54. The van der Waals surface area contributed by atoms with E-state index in [9.17, 15) is 18.4 Å². The lowest BCUT2D eigenvalue weighted by molar-refractivity contribution is 0.101. The monoisotopic (exact) mass is 366 g/mol. The SMILES string of the molecule is Cc1ccccc1NC(=O)c1ccc(C(=O)Nc2ccc(F)cc2F)cc1. The molecular formula is C21H16F2N2O2. The molecule has 2 N–H and O–H groups in total. The van der Waals surface area contributed by atoms with E-state index in [2.05, 4.69) is 10.6 Å². The van der Waals surface area contributed by atoms with Crippen LogP contribution in [-0.4, -0.2) is 11.8 Å². The highest BCUT2D eigenvalue weighted by Gasteiger charge is 2.12. The first-order chi connectivity index (χ1) is 12.9. The van der Waals surface area contributed by atoms with E-state index in [0.29, 0.717) is 17.3 Å². The van der Waals surface area contributed by atoms with Crippen LogP contribution >= 0.6 is 0 Å². The summed E-state index contributed by atoms with van der Waals surface area (Å²) in [5.74, 6) is -2.46. The van der Waals surface area contributed by atoms with Crippen molar-refractivity contribution >= 4 is 23.2 Å². The Morgan fingerprint density at radius 2 is 1.30 bits per heavy atom. The molecule has 6 heteroatoms. The number of hydrogen-bond acceptors (Lipinski definition) is 2. The highest BCUT2D eigenvalue weighted by atomic mass is 19.1. The smallest absolute Gasteiger partial charge is 0.255 e. The molecule has 0 aliphatic carbocycles. The zero-order chi connectivity index (χ0) is 19.4. The van der Waals surface area contributed by atoms with Crippen molar-refractivity contribution in [3.8, 4) is 0 Å². The summed E-state index contributed by atoms with van der Waals surface area (Å²) >= 11 is 0. The number of hydrogen-bond donors (Lipinski definition) is 2. The van der Waals surface area contributed by atoms with Crippen LogP contribution in [0.3, 0.4) is 0 Å². The topological polar surface area (TPSA) is 58.2 Å². The van der Waals surface area contributed by atoms with Gasteiger partial charge in [-0.2, -0.15) is 0 Å². The molecule has 3 aromatic carbocycles. The molecule has 0 atom stereocenters. The van der Waals surface area contributed by atoms with Crippen molar-refractivity contribution in [3.63, 3.8) is 0 Å². The third-order valence-electron chi connectivity index (χ3n) is 3.98. The van der Waals surface area contributed by atoms with E-state index in [1.807, 2.05) is 25.1 Å². The maximum atomic E-state index is 13.6. The number of nitrogens with one attached hydrogen (secondary N) is 2. The van der Waals surface area contributed by atoms with Gasteiger partial charge in [0.2, 0.25) is 0 Å². The minimum Gasteiger partial charge on any atom is -0.322 e. The normalized spacial score (nSPS) is 10.3. The van der Waals surface area contributed by atoms with E-state index < -0.39 is 17.5 Å². The minimum atomic E-state index is -0.863. The molecule has 27 heavy (non-hydrogen) atoms. The van der Waals surface area contributed by atoms with Crippen molar-refractivity contribution in [1.29, 1.82) is 0 Å². The summed E-state index contributed by atoms with van der Waals surface area (Å²) in [6, 6.07) is 16.2. The van der Waals surface area contributed by atoms with Crippen LogP contribution in [0.4, 0.5) is 20.2 Å². The second-order valence-corrected chi connectivity index (χ2v) is 5.92. The maximum absolute atomic E-state index is 13.6. The number of aryl methyl sites for hydroxylation is 1. The fourth-order valence-corrected chi connectivity index (χ4v) is 2.47. The quantitative estimate of drug-likeness (QED) is 0.698. The van der Waals surface area contributed by atoms with Crippen LogP contribution in [0, 0.1) is 18.6 Å². The van der Waals surface area contributed by atoms with Gasteiger partial charge in [0.1, 0.15) is 11.6 Å². The molecule has 4 nitrogen and oxygen atoms in total. The molecule has 3 aromatic rings. The summed E-state index contributed by atoms with van der Waals surface area (Å²) in [5, 5.41) is 5.17. The Morgan fingerprint density at radius 3 is 1.85 bits per heavy atom. The van der Waals surface area contributed by atoms with Gasteiger partial charge in [-0.25, -0.2) is 8.78 Å². The highest BCUT2D eigenvalue weighted by Crippen LogP contribution is 2.17. The summed E-state index contributed by atoms with van der Waals surface area (Å²) in [6.45, 7) is 1.89. The lowest BCUT2D eigenvalue weighted by Gasteiger charge is -2.09. The fraction of sp³-hybridized carbons (Fsp3) is 0.0476. The van der Waals surface area contributed by atoms with Crippen LogP contribution < -0.4 is 10.6 Å². The minimum absolute atomic E-state index is 0.122. The van der Waals surface area contributed by atoms with E-state index in [1.165, 1.54) is 24.3 Å². The van der Waals surface area contributed by atoms with Gasteiger partial charge < -0.3 is 10.6 Å². The van der Waals surface area contributed by atoms with Gasteiger partial charge in [0.25, 0.3) is 11.8 Å². The molecule has 3 rings (SSSR count). The van der Waals surface area contributed by atoms with Crippen LogP contribution in [0.15, 0.2) is 66.7 Å². The largest absolute Gasteiger partial charge is 0.322 e.